The van der Waals surface area contributed by atoms with Gasteiger partial charge in [0.1, 0.15) is 11.6 Å². The van der Waals surface area contributed by atoms with Crippen molar-refractivity contribution < 1.29 is 13.2 Å². The minimum Gasteiger partial charge on any atom is -0.321 e. The molecule has 0 aliphatic rings. The molecule has 134 valence electrons. The number of hydrogen-bond acceptors (Lipinski definition) is 4. The van der Waals surface area contributed by atoms with Gasteiger partial charge in [-0.05, 0) is 46.7 Å². The van der Waals surface area contributed by atoms with Crippen LogP contribution in [0.4, 0.5) is 5.69 Å². The van der Waals surface area contributed by atoms with E-state index in [1.807, 2.05) is 48.5 Å². The summed E-state index contributed by atoms with van der Waals surface area (Å²) in [7, 11) is -3.81. The van der Waals surface area contributed by atoms with Gasteiger partial charge in [0, 0.05) is 5.69 Å². The Morgan fingerprint density at radius 1 is 1.00 bits per heavy atom. The Kier molecular flexibility index (Phi) is 5.03. The van der Waals surface area contributed by atoms with E-state index in [2.05, 4.69) is 5.32 Å². The van der Waals surface area contributed by atoms with Crippen molar-refractivity contribution in [1.82, 2.24) is 0 Å². The maximum absolute atomic E-state index is 12.4. The Balaban J connectivity index is 1.88. The first-order valence-electron chi connectivity index (χ1n) is 7.92. The molecular weight excluding hydrogens is 362 g/mol. The van der Waals surface area contributed by atoms with Crippen molar-refractivity contribution in [3.63, 3.8) is 0 Å². The molecule has 0 atom stereocenters. The van der Waals surface area contributed by atoms with Crippen molar-refractivity contribution in [3.8, 4) is 6.07 Å². The van der Waals surface area contributed by atoms with Crippen LogP contribution in [0.3, 0.4) is 0 Å². The van der Waals surface area contributed by atoms with E-state index in [9.17, 15) is 18.5 Å². The van der Waals surface area contributed by atoms with Crippen LogP contribution in [0.5, 0.6) is 0 Å². The maximum Gasteiger partial charge on any atom is 0.266 e. The van der Waals surface area contributed by atoms with E-state index in [0.717, 1.165) is 16.3 Å². The third kappa shape index (κ3) is 4.20. The first-order chi connectivity index (χ1) is 12.9. The standard InChI is InChI=1S/C20H15N3O3S/c21-13-16(12-15-6-3-5-14-4-1-2-7-19(14)15)20(24)23-17-8-10-18(11-9-17)27(22,25)26/h1-12H,(H,23,24)(H2,22,25,26)/b16-12+. The van der Waals surface area contributed by atoms with Crippen LogP contribution in [0.15, 0.2) is 77.2 Å². The zero-order chi connectivity index (χ0) is 19.4. The van der Waals surface area contributed by atoms with Gasteiger partial charge in [-0.2, -0.15) is 5.26 Å². The highest BCUT2D eigenvalue weighted by Crippen LogP contribution is 2.21. The summed E-state index contributed by atoms with van der Waals surface area (Å²) in [5.41, 5.74) is 1.04. The number of carbonyl (C=O) groups is 1. The molecule has 0 spiro atoms. The molecule has 3 rings (SSSR count). The summed E-state index contributed by atoms with van der Waals surface area (Å²) in [5.74, 6) is -0.589. The summed E-state index contributed by atoms with van der Waals surface area (Å²) in [6, 6.07) is 20.6. The number of anilines is 1. The second-order valence-corrected chi connectivity index (χ2v) is 7.32. The lowest BCUT2D eigenvalue weighted by atomic mass is 10.0. The largest absolute Gasteiger partial charge is 0.321 e. The number of amides is 1. The number of nitrogens with one attached hydrogen (secondary N) is 1. The molecule has 0 heterocycles. The van der Waals surface area contributed by atoms with Crippen LogP contribution in [0.1, 0.15) is 5.56 Å². The fraction of sp³-hybridized carbons (Fsp3) is 0. The lowest BCUT2D eigenvalue weighted by Gasteiger charge is -2.06. The van der Waals surface area contributed by atoms with Gasteiger partial charge in [-0.3, -0.25) is 4.79 Å². The topological polar surface area (TPSA) is 113 Å². The Morgan fingerprint density at radius 3 is 2.33 bits per heavy atom. The molecule has 6 nitrogen and oxygen atoms in total. The molecule has 0 fully saturated rings. The number of rotatable bonds is 4. The van der Waals surface area contributed by atoms with Crippen LogP contribution in [0.25, 0.3) is 16.8 Å². The highest BCUT2D eigenvalue weighted by atomic mass is 32.2. The van der Waals surface area contributed by atoms with Crippen LogP contribution in [-0.2, 0) is 14.8 Å². The van der Waals surface area contributed by atoms with Crippen LogP contribution in [0.2, 0.25) is 0 Å². The van der Waals surface area contributed by atoms with E-state index >= 15 is 0 Å². The van der Waals surface area contributed by atoms with Gasteiger partial charge in [0.25, 0.3) is 5.91 Å². The predicted octanol–water partition coefficient (Wildman–Crippen LogP) is 3.03. The number of carbonyl (C=O) groups excluding carboxylic acids is 1. The Hall–Kier alpha value is -3.47. The number of nitriles is 1. The molecule has 3 N–H and O–H groups in total. The van der Waals surface area contributed by atoms with Crippen molar-refractivity contribution in [3.05, 3.63) is 77.9 Å². The highest BCUT2D eigenvalue weighted by molar-refractivity contribution is 7.89. The molecule has 0 aliphatic carbocycles. The van der Waals surface area contributed by atoms with Gasteiger partial charge in [-0.15, -0.1) is 0 Å². The summed E-state index contributed by atoms with van der Waals surface area (Å²) >= 11 is 0. The van der Waals surface area contributed by atoms with Crippen molar-refractivity contribution in [2.24, 2.45) is 5.14 Å². The molecule has 7 heteroatoms. The van der Waals surface area contributed by atoms with Gasteiger partial charge in [0.15, 0.2) is 0 Å². The minimum absolute atomic E-state index is 0.0627. The van der Waals surface area contributed by atoms with Crippen molar-refractivity contribution in [2.75, 3.05) is 5.32 Å². The van der Waals surface area contributed by atoms with Gasteiger partial charge in [0.2, 0.25) is 10.0 Å². The molecule has 0 saturated carbocycles. The zero-order valence-electron chi connectivity index (χ0n) is 14.1. The molecule has 0 unspecified atom stereocenters. The average Bonchev–Trinajstić information content (AvgIpc) is 2.65. The van der Waals surface area contributed by atoms with E-state index in [-0.39, 0.29) is 10.5 Å². The molecule has 27 heavy (non-hydrogen) atoms. The molecule has 3 aromatic carbocycles. The van der Waals surface area contributed by atoms with E-state index < -0.39 is 15.9 Å². The monoisotopic (exact) mass is 377 g/mol. The van der Waals surface area contributed by atoms with E-state index in [0.29, 0.717) is 5.69 Å². The molecule has 0 saturated heterocycles. The lowest BCUT2D eigenvalue weighted by molar-refractivity contribution is -0.112. The second-order valence-electron chi connectivity index (χ2n) is 5.76. The molecular formula is C20H15N3O3S. The normalized spacial score (nSPS) is 11.8. The minimum atomic E-state index is -3.81. The summed E-state index contributed by atoms with van der Waals surface area (Å²) in [6.45, 7) is 0. The molecule has 1 amide bonds. The average molecular weight is 377 g/mol. The van der Waals surface area contributed by atoms with Gasteiger partial charge >= 0.3 is 0 Å². The molecule has 0 bridgehead atoms. The van der Waals surface area contributed by atoms with Crippen molar-refractivity contribution >= 4 is 38.5 Å². The summed E-state index contributed by atoms with van der Waals surface area (Å²) in [5, 5.41) is 18.9. The molecule has 0 radical (unpaired) electrons. The van der Waals surface area contributed by atoms with Crippen LogP contribution in [0, 0.1) is 11.3 Å². The Bertz CT molecular complexity index is 1190. The van der Waals surface area contributed by atoms with Crippen LogP contribution >= 0.6 is 0 Å². The smallest absolute Gasteiger partial charge is 0.266 e. The Morgan fingerprint density at radius 2 is 1.67 bits per heavy atom. The van der Waals surface area contributed by atoms with Gasteiger partial charge < -0.3 is 5.32 Å². The number of fused-ring (bicyclic) bond motifs is 1. The molecule has 0 aliphatic heterocycles. The highest BCUT2D eigenvalue weighted by Gasteiger charge is 2.12. The van der Waals surface area contributed by atoms with E-state index in [4.69, 9.17) is 5.14 Å². The summed E-state index contributed by atoms with van der Waals surface area (Å²) in [4.78, 5) is 12.4. The van der Waals surface area contributed by atoms with Gasteiger partial charge in [0.05, 0.1) is 4.90 Å². The van der Waals surface area contributed by atoms with Crippen molar-refractivity contribution in [1.29, 1.82) is 5.26 Å². The first kappa shape index (κ1) is 18.3. The number of nitrogens with two attached hydrogens (primary N) is 1. The third-order valence-electron chi connectivity index (χ3n) is 3.93. The third-order valence-corrected chi connectivity index (χ3v) is 4.86. The van der Waals surface area contributed by atoms with Crippen LogP contribution < -0.4 is 10.5 Å². The second kappa shape index (κ2) is 7.41. The predicted molar refractivity (Wildman–Crippen MR) is 104 cm³/mol. The van der Waals surface area contributed by atoms with E-state index in [1.165, 1.54) is 30.3 Å². The fourth-order valence-electron chi connectivity index (χ4n) is 2.61. The summed E-state index contributed by atoms with van der Waals surface area (Å²) in [6.07, 6.45) is 1.52. The lowest BCUT2D eigenvalue weighted by Crippen LogP contribution is -2.14. The van der Waals surface area contributed by atoms with E-state index in [1.54, 1.807) is 0 Å². The molecule has 3 aromatic rings. The Labute approximate surface area is 156 Å². The SMILES string of the molecule is N#C/C(=C\c1cccc2ccccc12)C(=O)Nc1ccc(S(N)(=O)=O)cc1. The van der Waals surface area contributed by atoms with Gasteiger partial charge in [-0.25, -0.2) is 13.6 Å². The first-order valence-corrected chi connectivity index (χ1v) is 9.47. The molecule has 0 aromatic heterocycles. The van der Waals surface area contributed by atoms with Gasteiger partial charge in [-0.1, -0.05) is 42.5 Å². The summed E-state index contributed by atoms with van der Waals surface area (Å²) < 4.78 is 22.5. The maximum atomic E-state index is 12.4. The zero-order valence-corrected chi connectivity index (χ0v) is 14.9. The number of sulfonamides is 1. The number of nitrogens with zero attached hydrogens (tertiary/aromatic N) is 1. The van der Waals surface area contributed by atoms with Crippen LogP contribution in [-0.4, -0.2) is 14.3 Å². The fourth-order valence-corrected chi connectivity index (χ4v) is 3.12. The van der Waals surface area contributed by atoms with Crippen molar-refractivity contribution in [2.45, 2.75) is 4.90 Å². The number of hydrogen-bond donors (Lipinski definition) is 2. The number of benzene rings is 3. The number of primary sulfonamides is 1. The quantitative estimate of drug-likeness (QED) is 0.537.